The Morgan fingerprint density at radius 1 is 1.44 bits per heavy atom. The average molecular weight is 222 g/mol. The van der Waals surface area contributed by atoms with Gasteiger partial charge in [-0.15, -0.1) is 0 Å². The molecule has 1 aromatic rings. The van der Waals surface area contributed by atoms with Crippen molar-refractivity contribution < 1.29 is 14.2 Å². The van der Waals surface area contributed by atoms with Crippen molar-refractivity contribution in [1.29, 1.82) is 0 Å². The molecule has 2 rings (SSSR count). The zero-order valence-electron chi connectivity index (χ0n) is 9.24. The normalized spacial score (nSPS) is 18.8. The van der Waals surface area contributed by atoms with Crippen LogP contribution in [0.5, 0.6) is 0 Å². The van der Waals surface area contributed by atoms with Gasteiger partial charge in [0.05, 0.1) is 6.61 Å². The first-order chi connectivity index (χ1) is 7.68. The molecule has 1 unspecified atom stereocenters. The minimum absolute atomic E-state index is 0.283. The average Bonchev–Trinajstić information content (AvgIpc) is 2.82. The molecule has 1 atom stereocenters. The summed E-state index contributed by atoms with van der Waals surface area (Å²) in [6.45, 7) is 2.38. The molecule has 0 fully saturated rings. The molecule has 0 saturated heterocycles. The lowest BCUT2D eigenvalue weighted by Crippen LogP contribution is -2.29. The summed E-state index contributed by atoms with van der Waals surface area (Å²) in [5.74, 6) is 0.0725. The van der Waals surface area contributed by atoms with E-state index in [4.69, 9.17) is 4.74 Å². The molecule has 2 nitrogen and oxygen atoms in total. The Morgan fingerprint density at radius 2 is 2.19 bits per heavy atom. The maximum atomic E-state index is 13.7. The molecule has 1 aliphatic rings. The van der Waals surface area contributed by atoms with Crippen molar-refractivity contribution in [1.82, 2.24) is 0 Å². The van der Waals surface area contributed by atoms with Crippen LogP contribution in [0, 0.1) is 5.82 Å². The van der Waals surface area contributed by atoms with Crippen molar-refractivity contribution in [3.63, 3.8) is 0 Å². The van der Waals surface area contributed by atoms with Gasteiger partial charge in [-0.3, -0.25) is 0 Å². The summed E-state index contributed by atoms with van der Waals surface area (Å²) in [6.07, 6.45) is 2.99. The molecule has 1 heterocycles. The molecule has 3 heteroatoms. The van der Waals surface area contributed by atoms with Crippen LogP contribution in [-0.4, -0.2) is 11.7 Å². The van der Waals surface area contributed by atoms with Crippen LogP contribution in [0.2, 0.25) is 0 Å². The smallest absolute Gasteiger partial charge is 0.149 e. The minimum Gasteiger partial charge on any atom is -0.494 e. The topological polar surface area (TPSA) is 29.5 Å². The Labute approximate surface area is 94.4 Å². The zero-order chi connectivity index (χ0) is 11.6. The molecule has 0 radical (unpaired) electrons. The van der Waals surface area contributed by atoms with Crippen LogP contribution >= 0.6 is 0 Å². The van der Waals surface area contributed by atoms with Gasteiger partial charge in [0, 0.05) is 12.0 Å². The second-order valence-electron chi connectivity index (χ2n) is 3.90. The monoisotopic (exact) mass is 222 g/mol. The summed E-state index contributed by atoms with van der Waals surface area (Å²) >= 11 is 0. The Morgan fingerprint density at radius 3 is 2.75 bits per heavy atom. The summed E-state index contributed by atoms with van der Waals surface area (Å²) in [7, 11) is 0. The summed E-state index contributed by atoms with van der Waals surface area (Å²) < 4.78 is 19.0. The first kappa shape index (κ1) is 11.1. The van der Waals surface area contributed by atoms with Gasteiger partial charge in [-0.25, -0.2) is 4.39 Å². The van der Waals surface area contributed by atoms with Gasteiger partial charge in [0.2, 0.25) is 0 Å². The lowest BCUT2D eigenvalue weighted by atomic mass is 9.88. The van der Waals surface area contributed by atoms with Crippen LogP contribution in [0.3, 0.4) is 0 Å². The predicted molar refractivity (Wildman–Crippen MR) is 59.2 cm³/mol. The molecule has 0 spiro atoms. The lowest BCUT2D eigenvalue weighted by Gasteiger charge is -2.28. The van der Waals surface area contributed by atoms with Gasteiger partial charge in [-0.2, -0.15) is 0 Å². The number of hydrogen-bond donors (Lipinski definition) is 1. The van der Waals surface area contributed by atoms with Crippen LogP contribution in [0.1, 0.15) is 25.3 Å². The van der Waals surface area contributed by atoms with Crippen molar-refractivity contribution in [2.75, 3.05) is 6.61 Å². The Balaban J connectivity index is 2.45. The van der Waals surface area contributed by atoms with E-state index in [1.54, 1.807) is 18.2 Å². The van der Waals surface area contributed by atoms with E-state index < -0.39 is 11.4 Å². The molecule has 0 saturated carbocycles. The predicted octanol–water partition coefficient (Wildman–Crippen LogP) is 2.73. The largest absolute Gasteiger partial charge is 0.494 e. The highest BCUT2D eigenvalue weighted by Crippen LogP contribution is 2.37. The van der Waals surface area contributed by atoms with Crippen molar-refractivity contribution in [2.45, 2.75) is 25.4 Å². The van der Waals surface area contributed by atoms with Gasteiger partial charge in [0.15, 0.2) is 0 Å². The van der Waals surface area contributed by atoms with E-state index in [1.165, 1.54) is 6.07 Å². The van der Waals surface area contributed by atoms with Gasteiger partial charge in [0.1, 0.15) is 17.2 Å². The van der Waals surface area contributed by atoms with E-state index in [0.29, 0.717) is 18.8 Å². The Hall–Kier alpha value is -1.35. The molecule has 0 aromatic heterocycles. The molecular weight excluding hydrogens is 207 g/mol. The SMILES string of the molecule is CCC(O)(C1=CCCO1)c1ccccc1F. The Kier molecular flexibility index (Phi) is 2.97. The zero-order valence-corrected chi connectivity index (χ0v) is 9.24. The fraction of sp³-hybridized carbons (Fsp3) is 0.385. The van der Waals surface area contributed by atoms with Crippen molar-refractivity contribution in [3.8, 4) is 0 Å². The maximum absolute atomic E-state index is 13.7. The van der Waals surface area contributed by atoms with Crippen molar-refractivity contribution in [2.24, 2.45) is 0 Å². The number of rotatable bonds is 3. The molecule has 16 heavy (non-hydrogen) atoms. The summed E-state index contributed by atoms with van der Waals surface area (Å²) in [5, 5.41) is 10.5. The van der Waals surface area contributed by atoms with Crippen LogP contribution in [0.15, 0.2) is 36.1 Å². The fourth-order valence-electron chi connectivity index (χ4n) is 2.00. The molecule has 1 aromatic carbocycles. The molecule has 86 valence electrons. The van der Waals surface area contributed by atoms with E-state index in [1.807, 2.05) is 13.0 Å². The first-order valence-corrected chi connectivity index (χ1v) is 5.49. The first-order valence-electron chi connectivity index (χ1n) is 5.49. The van der Waals surface area contributed by atoms with Crippen LogP contribution in [0.25, 0.3) is 0 Å². The van der Waals surface area contributed by atoms with Gasteiger partial charge in [0.25, 0.3) is 0 Å². The number of halogens is 1. The molecule has 0 aliphatic carbocycles. The van der Waals surface area contributed by atoms with Gasteiger partial charge >= 0.3 is 0 Å². The summed E-state index contributed by atoms with van der Waals surface area (Å²) in [4.78, 5) is 0. The van der Waals surface area contributed by atoms with Crippen LogP contribution in [0.4, 0.5) is 4.39 Å². The number of aliphatic hydroxyl groups is 1. The van der Waals surface area contributed by atoms with Gasteiger partial charge in [-0.05, 0) is 18.6 Å². The molecule has 1 N–H and O–H groups in total. The van der Waals surface area contributed by atoms with Gasteiger partial charge in [-0.1, -0.05) is 25.1 Å². The summed E-state index contributed by atoms with van der Waals surface area (Å²) in [5.41, 5.74) is -1.05. The minimum atomic E-state index is -1.33. The number of benzene rings is 1. The van der Waals surface area contributed by atoms with Crippen LogP contribution < -0.4 is 0 Å². The highest BCUT2D eigenvalue weighted by Gasteiger charge is 2.37. The third kappa shape index (κ3) is 1.71. The molecule has 1 aliphatic heterocycles. The molecular formula is C13H15FO2. The molecule has 0 bridgehead atoms. The van der Waals surface area contributed by atoms with Gasteiger partial charge < -0.3 is 9.84 Å². The number of ether oxygens (including phenoxy) is 1. The van der Waals surface area contributed by atoms with Crippen LogP contribution in [-0.2, 0) is 10.3 Å². The quantitative estimate of drug-likeness (QED) is 0.852. The van der Waals surface area contributed by atoms with E-state index in [-0.39, 0.29) is 5.56 Å². The third-order valence-corrected chi connectivity index (χ3v) is 2.94. The second kappa shape index (κ2) is 4.26. The highest BCUT2D eigenvalue weighted by molar-refractivity contribution is 5.32. The molecule has 0 amide bonds. The van der Waals surface area contributed by atoms with Crippen molar-refractivity contribution in [3.05, 3.63) is 47.5 Å². The Bertz CT molecular complexity index is 414. The summed E-state index contributed by atoms with van der Waals surface area (Å²) in [6, 6.07) is 6.28. The van der Waals surface area contributed by atoms with E-state index >= 15 is 0 Å². The van der Waals surface area contributed by atoms with E-state index in [2.05, 4.69) is 0 Å². The highest BCUT2D eigenvalue weighted by atomic mass is 19.1. The van der Waals surface area contributed by atoms with Crippen molar-refractivity contribution >= 4 is 0 Å². The maximum Gasteiger partial charge on any atom is 0.149 e. The standard InChI is InChI=1S/C13H15FO2/c1-2-13(15,12-8-5-9-16-12)10-6-3-4-7-11(10)14/h3-4,6-8,15H,2,5,9H2,1H3. The van der Waals surface area contributed by atoms with E-state index in [0.717, 1.165) is 6.42 Å². The lowest BCUT2D eigenvalue weighted by molar-refractivity contribution is 0.00947. The third-order valence-electron chi connectivity index (χ3n) is 2.94. The number of hydrogen-bond acceptors (Lipinski definition) is 2. The second-order valence-corrected chi connectivity index (χ2v) is 3.90. The van der Waals surface area contributed by atoms with E-state index in [9.17, 15) is 9.50 Å². The fourth-order valence-corrected chi connectivity index (χ4v) is 2.00.